The van der Waals surface area contributed by atoms with Crippen molar-refractivity contribution in [3.05, 3.63) is 48.0 Å². The molecule has 0 aliphatic rings. The smallest absolute Gasteiger partial charge is 0.354 e. The maximum Gasteiger partial charge on any atom is 0.354 e. The number of rotatable bonds is 3. The number of nitrogens with one attached hydrogen (secondary N) is 1. The number of carbonyl (C=O) groups is 2. The van der Waals surface area contributed by atoms with Crippen LogP contribution in [0, 0.1) is 0 Å². The van der Waals surface area contributed by atoms with Crippen LogP contribution in [0.15, 0.2) is 36.8 Å². The van der Waals surface area contributed by atoms with Crippen molar-refractivity contribution in [1.82, 2.24) is 9.97 Å². The molecular formula is C12H11N3O3. The van der Waals surface area contributed by atoms with E-state index >= 15 is 0 Å². The fourth-order valence-electron chi connectivity index (χ4n) is 1.48. The first-order valence-corrected chi connectivity index (χ1v) is 5.20. The second-order valence-corrected chi connectivity index (χ2v) is 3.67. The van der Waals surface area contributed by atoms with Gasteiger partial charge in [-0.15, -0.1) is 0 Å². The number of amides is 1. The lowest BCUT2D eigenvalue weighted by atomic mass is 10.2. The Kier molecular flexibility index (Phi) is 3.09. The van der Waals surface area contributed by atoms with Crippen LogP contribution in [0.25, 0.3) is 0 Å². The van der Waals surface area contributed by atoms with Crippen molar-refractivity contribution < 1.29 is 14.7 Å². The van der Waals surface area contributed by atoms with Crippen LogP contribution < -0.4 is 4.90 Å². The topological polar surface area (TPSA) is 86.3 Å². The monoisotopic (exact) mass is 245 g/mol. The maximum atomic E-state index is 12.0. The largest absolute Gasteiger partial charge is 0.477 e. The van der Waals surface area contributed by atoms with Gasteiger partial charge in [-0.1, -0.05) is 0 Å². The third kappa shape index (κ3) is 2.22. The number of pyridine rings is 1. The van der Waals surface area contributed by atoms with Gasteiger partial charge in [0.05, 0.1) is 11.3 Å². The zero-order valence-electron chi connectivity index (χ0n) is 9.62. The SMILES string of the molecule is CN(C(=O)c1ccc(C(=O)O)nc1)c1cc[nH]c1. The van der Waals surface area contributed by atoms with Gasteiger partial charge in [0, 0.05) is 25.6 Å². The van der Waals surface area contributed by atoms with Crippen LogP contribution in [0.2, 0.25) is 0 Å². The molecule has 6 heteroatoms. The van der Waals surface area contributed by atoms with Crippen LogP contribution in [0.5, 0.6) is 0 Å². The lowest BCUT2D eigenvalue weighted by Crippen LogP contribution is -2.26. The van der Waals surface area contributed by atoms with E-state index in [-0.39, 0.29) is 11.6 Å². The summed E-state index contributed by atoms with van der Waals surface area (Å²) in [5, 5.41) is 8.71. The van der Waals surface area contributed by atoms with Crippen LogP contribution in [0.3, 0.4) is 0 Å². The van der Waals surface area contributed by atoms with Crippen molar-refractivity contribution in [3.63, 3.8) is 0 Å². The maximum absolute atomic E-state index is 12.0. The average Bonchev–Trinajstić information content (AvgIpc) is 2.91. The third-order valence-corrected chi connectivity index (χ3v) is 2.50. The number of hydrogen-bond acceptors (Lipinski definition) is 3. The quantitative estimate of drug-likeness (QED) is 0.855. The Hall–Kier alpha value is -2.63. The minimum Gasteiger partial charge on any atom is -0.477 e. The van der Waals surface area contributed by atoms with E-state index in [2.05, 4.69) is 9.97 Å². The Labute approximate surface area is 103 Å². The molecule has 1 amide bonds. The summed E-state index contributed by atoms with van der Waals surface area (Å²) in [5.41, 5.74) is 0.974. The van der Waals surface area contributed by atoms with Crippen LogP contribution in [-0.2, 0) is 0 Å². The first kappa shape index (κ1) is 11.8. The average molecular weight is 245 g/mol. The Bertz CT molecular complexity index is 561. The van der Waals surface area contributed by atoms with Crippen molar-refractivity contribution in [1.29, 1.82) is 0 Å². The van der Waals surface area contributed by atoms with Crippen molar-refractivity contribution >= 4 is 17.6 Å². The molecule has 0 saturated heterocycles. The molecule has 0 unspecified atom stereocenters. The Morgan fingerprint density at radius 2 is 2.11 bits per heavy atom. The summed E-state index contributed by atoms with van der Waals surface area (Å²) < 4.78 is 0. The van der Waals surface area contributed by atoms with Gasteiger partial charge in [0.15, 0.2) is 0 Å². The summed E-state index contributed by atoms with van der Waals surface area (Å²) in [6.07, 6.45) is 4.66. The van der Waals surface area contributed by atoms with Crippen molar-refractivity contribution in [3.8, 4) is 0 Å². The van der Waals surface area contributed by atoms with E-state index < -0.39 is 5.97 Å². The molecule has 6 nitrogen and oxygen atoms in total. The highest BCUT2D eigenvalue weighted by Crippen LogP contribution is 2.13. The predicted molar refractivity (Wildman–Crippen MR) is 64.7 cm³/mol. The number of aromatic carboxylic acids is 1. The fourth-order valence-corrected chi connectivity index (χ4v) is 1.48. The molecule has 2 heterocycles. The second kappa shape index (κ2) is 4.70. The molecule has 0 aliphatic carbocycles. The summed E-state index contributed by atoms with van der Waals surface area (Å²) in [5.74, 6) is -1.37. The number of aromatic nitrogens is 2. The molecule has 0 fully saturated rings. The Balaban J connectivity index is 2.21. The van der Waals surface area contributed by atoms with Crippen molar-refractivity contribution in [2.75, 3.05) is 11.9 Å². The number of carbonyl (C=O) groups excluding carboxylic acids is 1. The lowest BCUT2D eigenvalue weighted by Gasteiger charge is -2.15. The predicted octanol–water partition coefficient (Wildman–Crippen LogP) is 1.38. The highest BCUT2D eigenvalue weighted by atomic mass is 16.4. The number of aromatic amines is 1. The molecule has 0 aromatic carbocycles. The van der Waals surface area contributed by atoms with E-state index in [1.165, 1.54) is 23.2 Å². The van der Waals surface area contributed by atoms with Gasteiger partial charge in [-0.05, 0) is 18.2 Å². The van der Waals surface area contributed by atoms with Crippen LogP contribution in [0.1, 0.15) is 20.8 Å². The molecule has 2 rings (SSSR count). The molecule has 0 radical (unpaired) electrons. The van der Waals surface area contributed by atoms with Crippen LogP contribution in [0.4, 0.5) is 5.69 Å². The highest BCUT2D eigenvalue weighted by molar-refractivity contribution is 6.05. The van der Waals surface area contributed by atoms with Gasteiger partial charge in [-0.3, -0.25) is 4.79 Å². The van der Waals surface area contributed by atoms with E-state index in [4.69, 9.17) is 5.11 Å². The molecule has 0 saturated carbocycles. The van der Waals surface area contributed by atoms with E-state index in [1.54, 1.807) is 25.5 Å². The Morgan fingerprint density at radius 3 is 2.61 bits per heavy atom. The van der Waals surface area contributed by atoms with Gasteiger partial charge in [-0.25, -0.2) is 9.78 Å². The summed E-state index contributed by atoms with van der Waals surface area (Å²) in [6, 6.07) is 4.51. The van der Waals surface area contributed by atoms with Crippen LogP contribution in [-0.4, -0.2) is 34.0 Å². The molecule has 92 valence electrons. The van der Waals surface area contributed by atoms with Gasteiger partial charge >= 0.3 is 5.97 Å². The molecular weight excluding hydrogens is 234 g/mol. The number of carboxylic acids is 1. The summed E-state index contributed by atoms with van der Waals surface area (Å²) >= 11 is 0. The van der Waals surface area contributed by atoms with Gasteiger partial charge in [0.2, 0.25) is 0 Å². The molecule has 2 N–H and O–H groups in total. The molecule has 18 heavy (non-hydrogen) atoms. The second-order valence-electron chi connectivity index (χ2n) is 3.67. The van der Waals surface area contributed by atoms with E-state index in [1.807, 2.05) is 0 Å². The van der Waals surface area contributed by atoms with Crippen molar-refractivity contribution in [2.45, 2.75) is 0 Å². The van der Waals surface area contributed by atoms with Gasteiger partial charge in [-0.2, -0.15) is 0 Å². The number of carboxylic acid groups (broad SMARTS) is 1. The van der Waals surface area contributed by atoms with E-state index in [0.717, 1.165) is 5.69 Å². The third-order valence-electron chi connectivity index (χ3n) is 2.50. The Morgan fingerprint density at radius 1 is 1.33 bits per heavy atom. The summed E-state index contributed by atoms with van der Waals surface area (Å²) in [6.45, 7) is 0. The van der Waals surface area contributed by atoms with Crippen LogP contribution >= 0.6 is 0 Å². The first-order valence-electron chi connectivity index (χ1n) is 5.20. The number of hydrogen-bond donors (Lipinski definition) is 2. The molecule has 0 spiro atoms. The van der Waals surface area contributed by atoms with Gasteiger partial charge in [0.1, 0.15) is 5.69 Å². The van der Waals surface area contributed by atoms with Gasteiger partial charge in [0.25, 0.3) is 5.91 Å². The minimum absolute atomic E-state index is 0.0872. The number of H-pyrrole nitrogens is 1. The molecule has 0 bridgehead atoms. The molecule has 0 atom stereocenters. The van der Waals surface area contributed by atoms with Gasteiger partial charge < -0.3 is 15.0 Å². The zero-order valence-corrected chi connectivity index (χ0v) is 9.62. The summed E-state index contributed by atoms with van der Waals surface area (Å²) in [7, 11) is 1.64. The first-order chi connectivity index (χ1) is 8.59. The normalized spacial score (nSPS) is 10.1. The van der Waals surface area contributed by atoms with Crippen molar-refractivity contribution in [2.24, 2.45) is 0 Å². The number of anilines is 1. The highest BCUT2D eigenvalue weighted by Gasteiger charge is 2.14. The molecule has 0 aliphatic heterocycles. The van der Waals surface area contributed by atoms with E-state index in [0.29, 0.717) is 5.56 Å². The number of nitrogens with zero attached hydrogens (tertiary/aromatic N) is 2. The standard InChI is InChI=1S/C12H11N3O3/c1-15(9-4-5-13-7-9)11(16)8-2-3-10(12(17)18)14-6-8/h2-7,13H,1H3,(H,17,18). The lowest BCUT2D eigenvalue weighted by molar-refractivity contribution is 0.0690. The molecule has 2 aromatic heterocycles. The zero-order chi connectivity index (χ0) is 13.1. The minimum atomic E-state index is -1.12. The summed E-state index contributed by atoms with van der Waals surface area (Å²) in [4.78, 5) is 30.7. The fraction of sp³-hybridized carbons (Fsp3) is 0.0833. The van der Waals surface area contributed by atoms with E-state index in [9.17, 15) is 9.59 Å². The molecule has 2 aromatic rings.